The molecule has 0 saturated heterocycles. The Morgan fingerprint density at radius 2 is 1.35 bits per heavy atom. The van der Waals surface area contributed by atoms with Crippen LogP contribution in [0.25, 0.3) is 10.9 Å². The zero-order valence-corrected chi connectivity index (χ0v) is 24.3. The molecule has 0 spiro atoms. The standard InChI is InChI=1S/C34H56N2O/c1-4-5-6-7-8-9-10-11-12-13-14-15-16-17-18-19-20-21-29(2)35-25-24-32-28-36-34-23-22-31(26-30(3)37)27-33(32)34/h22-23,27-28,35-36H,2,4-21,24-26H2,1,3H3. The van der Waals surface area contributed by atoms with Crippen LogP contribution in [0, 0.1) is 0 Å². The van der Waals surface area contributed by atoms with Crippen LogP contribution in [0.3, 0.4) is 0 Å². The summed E-state index contributed by atoms with van der Waals surface area (Å²) < 4.78 is 0. The quantitative estimate of drug-likeness (QED) is 0.139. The van der Waals surface area contributed by atoms with Gasteiger partial charge in [-0.2, -0.15) is 0 Å². The molecule has 3 nitrogen and oxygen atoms in total. The van der Waals surface area contributed by atoms with E-state index in [1.165, 1.54) is 120 Å². The molecule has 0 aliphatic heterocycles. The molecule has 0 saturated carbocycles. The highest BCUT2D eigenvalue weighted by atomic mass is 16.1. The minimum Gasteiger partial charge on any atom is -0.388 e. The highest BCUT2D eigenvalue weighted by Gasteiger charge is 2.06. The molecule has 0 radical (unpaired) electrons. The van der Waals surface area contributed by atoms with E-state index in [0.717, 1.165) is 36.2 Å². The summed E-state index contributed by atoms with van der Waals surface area (Å²) in [7, 11) is 0. The Bertz CT molecular complexity index is 881. The monoisotopic (exact) mass is 508 g/mol. The number of hydrogen-bond donors (Lipinski definition) is 2. The van der Waals surface area contributed by atoms with Crippen molar-refractivity contribution >= 4 is 16.7 Å². The molecule has 2 N–H and O–H groups in total. The van der Waals surface area contributed by atoms with E-state index in [4.69, 9.17) is 0 Å². The summed E-state index contributed by atoms with van der Waals surface area (Å²) in [6.45, 7) is 9.09. The second-order valence-electron chi connectivity index (χ2n) is 11.3. The molecule has 2 rings (SSSR count). The molecule has 3 heteroatoms. The molecule has 0 aliphatic carbocycles. The Labute approximate surface area is 228 Å². The van der Waals surface area contributed by atoms with Gasteiger partial charge in [0.15, 0.2) is 0 Å². The molecule has 0 aliphatic rings. The molecular formula is C34H56N2O. The second kappa shape index (κ2) is 20.0. The number of hydrogen-bond acceptors (Lipinski definition) is 2. The third kappa shape index (κ3) is 14.5. The number of benzene rings is 1. The van der Waals surface area contributed by atoms with Gasteiger partial charge in [-0.25, -0.2) is 0 Å². The first-order chi connectivity index (χ1) is 18.1. The number of carbonyl (C=O) groups excluding carboxylic acids is 1. The van der Waals surface area contributed by atoms with Crippen molar-refractivity contribution in [2.75, 3.05) is 6.54 Å². The molecule has 0 unspecified atom stereocenters. The zero-order valence-electron chi connectivity index (χ0n) is 24.3. The Morgan fingerprint density at radius 3 is 1.89 bits per heavy atom. The Kier molecular flexibility index (Phi) is 16.9. The normalized spacial score (nSPS) is 11.3. The minimum absolute atomic E-state index is 0.207. The number of Topliss-reactive ketones (excluding diaryl/α,β-unsaturated/α-hetero) is 1. The molecular weight excluding hydrogens is 452 g/mol. The average molecular weight is 509 g/mol. The number of aromatic nitrogens is 1. The molecule has 1 heterocycles. The van der Waals surface area contributed by atoms with Gasteiger partial charge in [-0.3, -0.25) is 4.79 Å². The van der Waals surface area contributed by atoms with Crippen LogP contribution in [0.15, 0.2) is 36.7 Å². The summed E-state index contributed by atoms with van der Waals surface area (Å²) >= 11 is 0. The lowest BCUT2D eigenvalue weighted by Crippen LogP contribution is -2.15. The summed E-state index contributed by atoms with van der Waals surface area (Å²) in [5.41, 5.74) is 4.71. The van der Waals surface area contributed by atoms with Crippen LogP contribution in [0.4, 0.5) is 0 Å². The van der Waals surface area contributed by atoms with Gasteiger partial charge in [0.05, 0.1) is 0 Å². The molecule has 0 atom stereocenters. The SMILES string of the molecule is C=C(CCCCCCCCCCCCCCCCCCC)NCCc1c[nH]c2ccc(CC(C)=O)cc12. The van der Waals surface area contributed by atoms with Crippen LogP contribution < -0.4 is 5.32 Å². The summed E-state index contributed by atoms with van der Waals surface area (Å²) in [5, 5.41) is 4.76. The van der Waals surface area contributed by atoms with Crippen molar-refractivity contribution in [1.82, 2.24) is 10.3 Å². The van der Waals surface area contributed by atoms with Crippen molar-refractivity contribution in [3.63, 3.8) is 0 Å². The van der Waals surface area contributed by atoms with Crippen molar-refractivity contribution in [2.45, 2.75) is 142 Å². The summed E-state index contributed by atoms with van der Waals surface area (Å²) in [4.78, 5) is 14.8. The van der Waals surface area contributed by atoms with Gasteiger partial charge in [0.2, 0.25) is 0 Å². The van der Waals surface area contributed by atoms with Gasteiger partial charge in [-0.05, 0) is 49.4 Å². The van der Waals surface area contributed by atoms with E-state index < -0.39 is 0 Å². The number of carbonyl (C=O) groups is 1. The van der Waals surface area contributed by atoms with Gasteiger partial charge in [0.1, 0.15) is 5.78 Å². The largest absolute Gasteiger partial charge is 0.388 e. The van der Waals surface area contributed by atoms with Gasteiger partial charge in [-0.1, -0.05) is 122 Å². The van der Waals surface area contributed by atoms with E-state index in [2.05, 4.69) is 42.1 Å². The van der Waals surface area contributed by atoms with Crippen molar-refractivity contribution in [2.24, 2.45) is 0 Å². The van der Waals surface area contributed by atoms with Crippen LogP contribution in [0.1, 0.15) is 141 Å². The topological polar surface area (TPSA) is 44.9 Å². The fourth-order valence-corrected chi connectivity index (χ4v) is 5.36. The summed E-state index contributed by atoms with van der Waals surface area (Å²) in [6, 6.07) is 6.29. The van der Waals surface area contributed by atoms with E-state index in [-0.39, 0.29) is 5.78 Å². The third-order valence-corrected chi connectivity index (χ3v) is 7.64. The Hall–Kier alpha value is -2.03. The lowest BCUT2D eigenvalue weighted by Gasteiger charge is -2.09. The smallest absolute Gasteiger partial charge is 0.134 e. The van der Waals surface area contributed by atoms with Crippen molar-refractivity contribution < 1.29 is 4.79 Å². The van der Waals surface area contributed by atoms with E-state index >= 15 is 0 Å². The van der Waals surface area contributed by atoms with Crippen molar-refractivity contribution in [3.8, 4) is 0 Å². The first-order valence-corrected chi connectivity index (χ1v) is 15.6. The number of unbranched alkanes of at least 4 members (excludes halogenated alkanes) is 16. The first-order valence-electron chi connectivity index (χ1n) is 15.6. The highest BCUT2D eigenvalue weighted by Crippen LogP contribution is 2.21. The molecule has 1 aromatic heterocycles. The number of rotatable bonds is 24. The fourth-order valence-electron chi connectivity index (χ4n) is 5.36. The number of nitrogens with one attached hydrogen (secondary N) is 2. The van der Waals surface area contributed by atoms with E-state index in [1.807, 2.05) is 6.07 Å². The number of allylic oxidation sites excluding steroid dienone is 1. The maximum atomic E-state index is 11.5. The van der Waals surface area contributed by atoms with Gasteiger partial charge < -0.3 is 10.3 Å². The molecule has 0 amide bonds. The molecule has 1 aromatic carbocycles. The van der Waals surface area contributed by atoms with E-state index in [1.54, 1.807) is 6.92 Å². The maximum absolute atomic E-state index is 11.5. The third-order valence-electron chi connectivity index (χ3n) is 7.64. The van der Waals surface area contributed by atoms with Gasteiger partial charge in [0.25, 0.3) is 0 Å². The lowest BCUT2D eigenvalue weighted by atomic mass is 10.0. The first kappa shape index (κ1) is 31.2. The molecule has 0 fully saturated rings. The predicted molar refractivity (Wildman–Crippen MR) is 162 cm³/mol. The Balaban J connectivity index is 1.40. The average Bonchev–Trinajstić information content (AvgIpc) is 3.27. The zero-order chi connectivity index (χ0) is 26.6. The van der Waals surface area contributed by atoms with Gasteiger partial charge >= 0.3 is 0 Å². The number of fused-ring (bicyclic) bond motifs is 1. The summed E-state index contributed by atoms with van der Waals surface area (Å²) in [5.74, 6) is 0.207. The van der Waals surface area contributed by atoms with Crippen molar-refractivity contribution in [1.29, 1.82) is 0 Å². The Morgan fingerprint density at radius 1 is 0.811 bits per heavy atom. The number of aromatic amines is 1. The number of H-pyrrole nitrogens is 1. The molecule has 2 aromatic rings. The highest BCUT2D eigenvalue weighted by molar-refractivity contribution is 5.86. The lowest BCUT2D eigenvalue weighted by molar-refractivity contribution is -0.116. The molecule has 0 bridgehead atoms. The fraction of sp³-hybridized carbons (Fsp3) is 0.676. The van der Waals surface area contributed by atoms with Crippen LogP contribution in [0.5, 0.6) is 0 Å². The molecule has 208 valence electrons. The van der Waals surface area contributed by atoms with Crippen LogP contribution in [-0.2, 0) is 17.6 Å². The number of ketones is 1. The van der Waals surface area contributed by atoms with Crippen LogP contribution >= 0.6 is 0 Å². The van der Waals surface area contributed by atoms with Gasteiger partial charge in [-0.15, -0.1) is 0 Å². The second-order valence-corrected chi connectivity index (χ2v) is 11.3. The van der Waals surface area contributed by atoms with E-state index in [9.17, 15) is 4.79 Å². The van der Waals surface area contributed by atoms with Crippen LogP contribution in [0.2, 0.25) is 0 Å². The summed E-state index contributed by atoms with van der Waals surface area (Å²) in [6.07, 6.45) is 28.6. The van der Waals surface area contributed by atoms with Crippen molar-refractivity contribution in [3.05, 3.63) is 47.8 Å². The predicted octanol–water partition coefficient (Wildman–Crippen LogP) is 9.99. The maximum Gasteiger partial charge on any atom is 0.134 e. The molecule has 37 heavy (non-hydrogen) atoms. The van der Waals surface area contributed by atoms with E-state index in [0.29, 0.717) is 6.42 Å². The van der Waals surface area contributed by atoms with Crippen LogP contribution in [-0.4, -0.2) is 17.3 Å². The van der Waals surface area contributed by atoms with Gasteiger partial charge in [0, 0.05) is 35.8 Å². The minimum atomic E-state index is 0.207.